The molecule has 0 aliphatic heterocycles. The Morgan fingerprint density at radius 1 is 0.341 bits per heavy atom. The van der Waals surface area contributed by atoms with Gasteiger partial charge in [-0.3, -0.25) is 0 Å². The zero-order valence-electron chi connectivity index (χ0n) is 19.9. The Morgan fingerprint density at radius 2 is 0.488 bits per heavy atom. The van der Waals surface area contributed by atoms with Crippen LogP contribution in [0.15, 0.2) is 0 Å². The zero-order chi connectivity index (χ0) is 32.7. The van der Waals surface area contributed by atoms with E-state index in [4.69, 9.17) is 0 Å². The summed E-state index contributed by atoms with van der Waals surface area (Å²) in [6.07, 6.45) is -57.3. The second-order valence-corrected chi connectivity index (χ2v) is 11.8. The Bertz CT molecular complexity index is 877. The molecule has 0 aromatic rings. The third kappa shape index (κ3) is 3.87. The van der Waals surface area contributed by atoms with Crippen LogP contribution in [0.25, 0.3) is 0 Å². The van der Waals surface area contributed by atoms with Crippen molar-refractivity contribution in [1.29, 1.82) is 0 Å². The average molecular weight is 648 g/mol. The monoisotopic (exact) mass is 648 g/mol. The molecule has 242 valence electrons. The Morgan fingerprint density at radius 3 is 0.610 bits per heavy atom. The summed E-state index contributed by atoms with van der Waals surface area (Å²) in [6.45, 7) is 0.232. The molecular weight excluding hydrogens is 630 g/mol. The van der Waals surface area contributed by atoms with Gasteiger partial charge in [0.1, 0.15) is 0 Å². The number of hydrogen-bond acceptors (Lipinski definition) is 3. The number of rotatable bonds is 3. The maximum Gasteiger partial charge on any atom is 0.426 e. The van der Waals surface area contributed by atoms with Crippen molar-refractivity contribution in [2.75, 3.05) is 0 Å². The average Bonchev–Trinajstić information content (AvgIpc) is 2.64. The summed E-state index contributed by atoms with van der Waals surface area (Å²) in [5.74, 6) is 0. The van der Waals surface area contributed by atoms with Gasteiger partial charge in [-0.15, -0.1) is 0 Å². The third-order valence-electron chi connectivity index (χ3n) is 9.09. The first kappa shape index (κ1) is 34.1. The number of alkyl halides is 18. The van der Waals surface area contributed by atoms with E-state index in [1.54, 1.807) is 0 Å². The molecule has 4 aliphatic carbocycles. The lowest BCUT2D eigenvalue weighted by Crippen LogP contribution is -2.84. The highest BCUT2D eigenvalue weighted by molar-refractivity contribution is 5.31. The summed E-state index contributed by atoms with van der Waals surface area (Å²) in [5.41, 5.74) is -36.8. The van der Waals surface area contributed by atoms with E-state index in [2.05, 4.69) is 0 Å². The molecule has 4 saturated carbocycles. The summed E-state index contributed by atoms with van der Waals surface area (Å²) < 4.78 is 253. The molecule has 0 saturated heterocycles. The summed E-state index contributed by atoms with van der Waals surface area (Å²) in [6, 6.07) is 0. The molecule has 0 unspecified atom stereocenters. The topological polar surface area (TPSA) is 60.7 Å². The van der Waals surface area contributed by atoms with Crippen LogP contribution in [-0.2, 0) is 0 Å². The highest BCUT2D eigenvalue weighted by atomic mass is 19.4. The largest absolute Gasteiger partial charge is 0.426 e. The Kier molecular flexibility index (Phi) is 6.66. The molecular formula is C20H18F18O3. The standard InChI is InChI=1S/C20H18F18O3/c1-8-2-9(12(39,15(21,22)23)16(24,25)26)5-10(3-8,13(40,17(27,28)29)18(30,31)32)7-11(4-8,6-9)14(41,19(33,34)35)20(36,37)38/h39-41H,2-7H2,1H3. The van der Waals surface area contributed by atoms with Gasteiger partial charge in [-0.2, -0.15) is 79.0 Å². The minimum atomic E-state index is -7.15. The molecule has 4 rings (SSSR count). The minimum Gasteiger partial charge on any atom is -0.373 e. The van der Waals surface area contributed by atoms with Crippen LogP contribution in [0.4, 0.5) is 79.0 Å². The molecule has 0 aromatic heterocycles. The third-order valence-corrected chi connectivity index (χ3v) is 9.09. The van der Waals surface area contributed by atoms with Crippen molar-refractivity contribution in [2.24, 2.45) is 21.7 Å². The van der Waals surface area contributed by atoms with Crippen LogP contribution in [0.3, 0.4) is 0 Å². The molecule has 4 fully saturated rings. The van der Waals surface area contributed by atoms with Gasteiger partial charge >= 0.3 is 37.1 Å². The van der Waals surface area contributed by atoms with Gasteiger partial charge in [0.15, 0.2) is 0 Å². The molecule has 0 spiro atoms. The lowest BCUT2D eigenvalue weighted by molar-refractivity contribution is -0.485. The van der Waals surface area contributed by atoms with E-state index >= 15 is 0 Å². The van der Waals surface area contributed by atoms with E-state index in [0.717, 1.165) is 0 Å². The fraction of sp³-hybridized carbons (Fsp3) is 1.00. The number of halogens is 18. The fourth-order valence-corrected chi connectivity index (χ4v) is 8.58. The van der Waals surface area contributed by atoms with Crippen LogP contribution in [0.5, 0.6) is 0 Å². The first-order valence-electron chi connectivity index (χ1n) is 11.1. The second kappa shape index (κ2) is 8.01. The van der Waals surface area contributed by atoms with Crippen LogP contribution in [0, 0.1) is 21.7 Å². The highest BCUT2D eigenvalue weighted by Gasteiger charge is 2.94. The van der Waals surface area contributed by atoms with Gasteiger partial charge in [0.25, 0.3) is 16.8 Å². The molecule has 41 heavy (non-hydrogen) atoms. The fourth-order valence-electron chi connectivity index (χ4n) is 8.58. The quantitative estimate of drug-likeness (QED) is 0.292. The smallest absolute Gasteiger partial charge is 0.373 e. The molecule has 0 radical (unpaired) electrons. The van der Waals surface area contributed by atoms with Crippen molar-refractivity contribution in [3.8, 4) is 0 Å². The van der Waals surface area contributed by atoms with Crippen molar-refractivity contribution in [1.82, 2.24) is 0 Å². The predicted molar refractivity (Wildman–Crippen MR) is 94.3 cm³/mol. The predicted octanol–water partition coefficient (Wildman–Crippen LogP) is 6.90. The van der Waals surface area contributed by atoms with Crippen molar-refractivity contribution < 1.29 is 94.3 Å². The summed E-state index contributed by atoms with van der Waals surface area (Å²) >= 11 is 0. The van der Waals surface area contributed by atoms with Gasteiger partial charge in [-0.1, -0.05) is 6.92 Å². The minimum absolute atomic E-state index is 0.232. The van der Waals surface area contributed by atoms with Crippen molar-refractivity contribution in [3.05, 3.63) is 0 Å². The SMILES string of the molecule is CC12CC3(C(O)(C(F)(F)F)C(F)(F)F)CC(C(O)(C(F)(F)F)C(F)(F)F)(C1)CC(C(O)(C(F)(F)F)C(F)(F)F)(C2)C3. The molecule has 0 heterocycles. The zero-order valence-corrected chi connectivity index (χ0v) is 19.9. The molecule has 21 heteroatoms. The lowest BCUT2D eigenvalue weighted by Gasteiger charge is -2.76. The second-order valence-electron chi connectivity index (χ2n) is 11.8. The maximum absolute atomic E-state index is 14.0. The Balaban J connectivity index is 2.64. The Labute approximate surface area is 216 Å². The maximum atomic E-state index is 14.0. The van der Waals surface area contributed by atoms with Gasteiger partial charge in [0.05, 0.1) is 0 Å². The normalized spacial score (nSPS) is 34.4. The van der Waals surface area contributed by atoms with Crippen molar-refractivity contribution in [2.45, 2.75) is 99.3 Å². The summed E-state index contributed by atoms with van der Waals surface area (Å²) in [4.78, 5) is 0. The van der Waals surface area contributed by atoms with Gasteiger partial charge in [0, 0.05) is 16.2 Å². The van der Waals surface area contributed by atoms with Crippen LogP contribution in [-0.4, -0.2) is 69.2 Å². The molecule has 0 aromatic carbocycles. The number of hydrogen-bond donors (Lipinski definition) is 3. The van der Waals surface area contributed by atoms with E-state index < -0.39 is 114 Å². The van der Waals surface area contributed by atoms with Crippen LogP contribution < -0.4 is 0 Å². The summed E-state index contributed by atoms with van der Waals surface area (Å²) in [7, 11) is 0. The molecule has 4 aliphatic rings. The van der Waals surface area contributed by atoms with Gasteiger partial charge < -0.3 is 15.3 Å². The molecule has 3 nitrogen and oxygen atoms in total. The van der Waals surface area contributed by atoms with Crippen molar-refractivity contribution >= 4 is 0 Å². The van der Waals surface area contributed by atoms with E-state index in [0.29, 0.717) is 0 Å². The van der Waals surface area contributed by atoms with E-state index in [9.17, 15) is 94.3 Å². The van der Waals surface area contributed by atoms with Crippen LogP contribution >= 0.6 is 0 Å². The van der Waals surface area contributed by atoms with E-state index in [-0.39, 0.29) is 6.92 Å². The van der Waals surface area contributed by atoms with E-state index in [1.165, 1.54) is 0 Å². The van der Waals surface area contributed by atoms with Gasteiger partial charge in [0.2, 0.25) is 0 Å². The molecule has 3 N–H and O–H groups in total. The molecule has 4 bridgehead atoms. The number of aliphatic hydroxyl groups is 3. The first-order chi connectivity index (χ1) is 17.5. The first-order valence-corrected chi connectivity index (χ1v) is 11.1. The van der Waals surface area contributed by atoms with E-state index in [1.807, 2.05) is 0 Å². The molecule has 0 atom stereocenters. The van der Waals surface area contributed by atoms with Gasteiger partial charge in [-0.25, -0.2) is 0 Å². The van der Waals surface area contributed by atoms with Crippen LogP contribution in [0.1, 0.15) is 45.4 Å². The summed E-state index contributed by atoms with van der Waals surface area (Å²) in [5, 5.41) is 30.6. The molecule has 0 amide bonds. The van der Waals surface area contributed by atoms with Gasteiger partial charge in [-0.05, 0) is 43.9 Å². The lowest BCUT2D eigenvalue weighted by atomic mass is 9.29. The Hall–Kier alpha value is -1.38. The highest BCUT2D eigenvalue weighted by Crippen LogP contribution is 2.84. The van der Waals surface area contributed by atoms with Crippen molar-refractivity contribution in [3.63, 3.8) is 0 Å². The van der Waals surface area contributed by atoms with Crippen LogP contribution in [0.2, 0.25) is 0 Å².